The first-order chi connectivity index (χ1) is 6.79. The van der Waals surface area contributed by atoms with Crippen molar-refractivity contribution < 1.29 is 4.74 Å². The summed E-state index contributed by atoms with van der Waals surface area (Å²) >= 11 is 0. The molecule has 2 heterocycles. The number of anilines is 1. The fourth-order valence-corrected chi connectivity index (χ4v) is 1.97. The maximum absolute atomic E-state index is 5.71. The summed E-state index contributed by atoms with van der Waals surface area (Å²) in [6, 6.07) is 0.321. The van der Waals surface area contributed by atoms with Crippen molar-refractivity contribution in [3.63, 3.8) is 0 Å². The largest absolute Gasteiger partial charge is 0.381 e. The summed E-state index contributed by atoms with van der Waals surface area (Å²) in [7, 11) is 0. The van der Waals surface area contributed by atoms with Crippen LogP contribution in [0, 0.1) is 5.92 Å². The summed E-state index contributed by atoms with van der Waals surface area (Å²) < 4.78 is 7.12. The van der Waals surface area contributed by atoms with Crippen molar-refractivity contribution in [1.29, 1.82) is 0 Å². The lowest BCUT2D eigenvalue weighted by molar-refractivity contribution is 0.0499. The van der Waals surface area contributed by atoms with Gasteiger partial charge in [0.1, 0.15) is 6.33 Å². The number of nitrogen functional groups attached to an aromatic ring is 1. The van der Waals surface area contributed by atoms with E-state index in [4.69, 9.17) is 10.5 Å². The first-order valence-electron chi connectivity index (χ1n) is 5.02. The Morgan fingerprint density at radius 2 is 2.29 bits per heavy atom. The molecule has 2 rings (SSSR count). The lowest BCUT2D eigenvalue weighted by Gasteiger charge is -2.27. The maximum Gasteiger partial charge on any atom is 0.218 e. The summed E-state index contributed by atoms with van der Waals surface area (Å²) in [5, 5.41) is 4.13. The third kappa shape index (κ3) is 1.72. The number of hydrogen-bond donors (Lipinski definition) is 1. The van der Waals surface area contributed by atoms with Gasteiger partial charge >= 0.3 is 0 Å². The predicted octanol–water partition coefficient (Wildman–Crippen LogP) is 0.848. The van der Waals surface area contributed by atoms with Crippen LogP contribution in [-0.4, -0.2) is 28.0 Å². The summed E-state index contributed by atoms with van der Waals surface area (Å²) in [6.07, 6.45) is 3.67. The predicted molar refractivity (Wildman–Crippen MR) is 52.7 cm³/mol. The Morgan fingerprint density at radius 1 is 1.57 bits per heavy atom. The van der Waals surface area contributed by atoms with Crippen LogP contribution in [-0.2, 0) is 4.74 Å². The van der Waals surface area contributed by atoms with E-state index >= 15 is 0 Å². The van der Waals surface area contributed by atoms with Crippen LogP contribution in [0.15, 0.2) is 6.33 Å². The van der Waals surface area contributed by atoms with Gasteiger partial charge in [0.05, 0.1) is 6.04 Å². The highest BCUT2D eigenvalue weighted by atomic mass is 16.5. The summed E-state index contributed by atoms with van der Waals surface area (Å²) in [5.74, 6) is 1.11. The molecule has 5 heteroatoms. The minimum atomic E-state index is 0.321. The molecule has 1 aliphatic heterocycles. The van der Waals surface area contributed by atoms with Crippen molar-refractivity contribution in [2.45, 2.75) is 25.8 Å². The van der Waals surface area contributed by atoms with E-state index in [1.807, 2.05) is 0 Å². The van der Waals surface area contributed by atoms with Gasteiger partial charge in [0, 0.05) is 13.2 Å². The number of rotatable bonds is 2. The van der Waals surface area contributed by atoms with Gasteiger partial charge in [-0.15, -0.1) is 0 Å². The van der Waals surface area contributed by atoms with Gasteiger partial charge < -0.3 is 10.5 Å². The Balaban J connectivity index is 2.07. The SMILES string of the molecule is CC(C1CCOCC1)n1ncnc1N. The van der Waals surface area contributed by atoms with E-state index in [1.54, 1.807) is 4.68 Å². The Morgan fingerprint density at radius 3 is 2.86 bits per heavy atom. The first kappa shape index (κ1) is 9.45. The quantitative estimate of drug-likeness (QED) is 0.761. The molecular weight excluding hydrogens is 180 g/mol. The highest BCUT2D eigenvalue weighted by molar-refractivity contribution is 5.13. The number of ether oxygens (including phenoxy) is 1. The molecule has 1 atom stereocenters. The minimum absolute atomic E-state index is 0.321. The Hall–Kier alpha value is -1.10. The molecule has 0 aliphatic carbocycles. The van der Waals surface area contributed by atoms with Crippen molar-refractivity contribution in [3.8, 4) is 0 Å². The highest BCUT2D eigenvalue weighted by Gasteiger charge is 2.23. The molecule has 1 fully saturated rings. The van der Waals surface area contributed by atoms with Crippen molar-refractivity contribution in [3.05, 3.63) is 6.33 Å². The second-order valence-electron chi connectivity index (χ2n) is 3.75. The molecule has 1 aromatic heterocycles. The van der Waals surface area contributed by atoms with Crippen LogP contribution in [0.5, 0.6) is 0 Å². The number of hydrogen-bond acceptors (Lipinski definition) is 4. The molecule has 78 valence electrons. The topological polar surface area (TPSA) is 66.0 Å². The van der Waals surface area contributed by atoms with Gasteiger partial charge in [0.25, 0.3) is 0 Å². The van der Waals surface area contributed by atoms with Gasteiger partial charge in [-0.25, -0.2) is 9.67 Å². The van der Waals surface area contributed by atoms with Crippen LogP contribution in [0.1, 0.15) is 25.8 Å². The molecule has 0 amide bonds. The van der Waals surface area contributed by atoms with Gasteiger partial charge in [0.2, 0.25) is 5.95 Å². The molecule has 5 nitrogen and oxygen atoms in total. The van der Waals surface area contributed by atoms with E-state index in [1.165, 1.54) is 6.33 Å². The average Bonchev–Trinajstić information content (AvgIpc) is 2.65. The van der Waals surface area contributed by atoms with E-state index in [0.29, 0.717) is 17.9 Å². The van der Waals surface area contributed by atoms with Crippen molar-refractivity contribution in [1.82, 2.24) is 14.8 Å². The van der Waals surface area contributed by atoms with Gasteiger partial charge in [-0.1, -0.05) is 0 Å². The van der Waals surface area contributed by atoms with Gasteiger partial charge in [-0.05, 0) is 25.7 Å². The zero-order valence-electron chi connectivity index (χ0n) is 8.39. The second kappa shape index (κ2) is 3.96. The van der Waals surface area contributed by atoms with Crippen LogP contribution in [0.3, 0.4) is 0 Å². The standard InChI is InChI=1S/C9H16N4O/c1-7(8-2-4-14-5-3-8)13-9(10)11-6-12-13/h6-8H,2-5H2,1H3,(H2,10,11,12). The van der Waals surface area contributed by atoms with Crippen LogP contribution in [0.2, 0.25) is 0 Å². The molecule has 2 N–H and O–H groups in total. The summed E-state index contributed by atoms with van der Waals surface area (Å²) in [5.41, 5.74) is 5.71. The molecule has 14 heavy (non-hydrogen) atoms. The van der Waals surface area contributed by atoms with Crippen LogP contribution in [0.25, 0.3) is 0 Å². The second-order valence-corrected chi connectivity index (χ2v) is 3.75. The van der Waals surface area contributed by atoms with E-state index < -0.39 is 0 Å². The van der Waals surface area contributed by atoms with Gasteiger partial charge in [-0.2, -0.15) is 5.10 Å². The van der Waals surface area contributed by atoms with Crippen LogP contribution >= 0.6 is 0 Å². The van der Waals surface area contributed by atoms with E-state index in [-0.39, 0.29) is 0 Å². The monoisotopic (exact) mass is 196 g/mol. The van der Waals surface area contributed by atoms with E-state index in [0.717, 1.165) is 26.1 Å². The molecular formula is C9H16N4O. The summed E-state index contributed by atoms with van der Waals surface area (Å²) in [6.45, 7) is 3.84. The van der Waals surface area contributed by atoms with Crippen molar-refractivity contribution in [2.75, 3.05) is 18.9 Å². The molecule has 0 radical (unpaired) electrons. The van der Waals surface area contributed by atoms with E-state index in [9.17, 15) is 0 Å². The lowest BCUT2D eigenvalue weighted by Crippen LogP contribution is -2.25. The molecule has 1 aliphatic rings. The lowest BCUT2D eigenvalue weighted by atomic mass is 9.93. The average molecular weight is 196 g/mol. The third-order valence-corrected chi connectivity index (χ3v) is 2.93. The maximum atomic E-state index is 5.71. The smallest absolute Gasteiger partial charge is 0.218 e. The first-order valence-corrected chi connectivity index (χ1v) is 5.02. The zero-order chi connectivity index (χ0) is 9.97. The van der Waals surface area contributed by atoms with Crippen molar-refractivity contribution >= 4 is 5.95 Å². The van der Waals surface area contributed by atoms with E-state index in [2.05, 4.69) is 17.0 Å². The molecule has 1 aromatic rings. The Kier molecular flexibility index (Phi) is 2.67. The number of aromatic nitrogens is 3. The molecule has 1 unspecified atom stereocenters. The highest BCUT2D eigenvalue weighted by Crippen LogP contribution is 2.27. The fourth-order valence-electron chi connectivity index (χ4n) is 1.97. The molecule has 1 saturated heterocycles. The fraction of sp³-hybridized carbons (Fsp3) is 0.778. The third-order valence-electron chi connectivity index (χ3n) is 2.93. The van der Waals surface area contributed by atoms with Crippen LogP contribution in [0.4, 0.5) is 5.95 Å². The van der Waals surface area contributed by atoms with Gasteiger partial charge in [0.15, 0.2) is 0 Å². The molecule has 0 spiro atoms. The molecule has 0 aromatic carbocycles. The molecule has 0 bridgehead atoms. The van der Waals surface area contributed by atoms with Crippen molar-refractivity contribution in [2.24, 2.45) is 5.92 Å². The normalized spacial score (nSPS) is 20.9. The van der Waals surface area contributed by atoms with Crippen LogP contribution < -0.4 is 5.73 Å². The number of nitrogens with zero attached hydrogens (tertiary/aromatic N) is 3. The Bertz CT molecular complexity index is 293. The Labute approximate surface area is 83.3 Å². The summed E-state index contributed by atoms with van der Waals surface area (Å²) in [4.78, 5) is 3.93. The zero-order valence-corrected chi connectivity index (χ0v) is 8.39. The minimum Gasteiger partial charge on any atom is -0.381 e. The number of nitrogens with two attached hydrogens (primary N) is 1. The molecule has 0 saturated carbocycles. The van der Waals surface area contributed by atoms with Gasteiger partial charge in [-0.3, -0.25) is 0 Å².